The summed E-state index contributed by atoms with van der Waals surface area (Å²) < 4.78 is 5.22. The van der Waals surface area contributed by atoms with Crippen LogP contribution in [0.5, 0.6) is 5.75 Å². The highest BCUT2D eigenvalue weighted by atomic mass is 16.5. The first-order valence-electron chi connectivity index (χ1n) is 9.57. The number of nitrogens with zero attached hydrogens (tertiary/aromatic N) is 2. The highest BCUT2D eigenvalue weighted by Crippen LogP contribution is 2.30. The SMILES string of the molecule is COc1ccc(CCN2CCC(c3n[nH]c(=O)c4ccccc34)CC2)cc1. The van der Waals surface area contributed by atoms with Gasteiger partial charge in [-0.2, -0.15) is 5.10 Å². The fraction of sp³-hybridized carbons (Fsp3) is 0.364. The van der Waals surface area contributed by atoms with E-state index in [4.69, 9.17) is 4.74 Å². The van der Waals surface area contributed by atoms with Crippen molar-refractivity contribution >= 4 is 10.8 Å². The van der Waals surface area contributed by atoms with Gasteiger partial charge in [-0.1, -0.05) is 30.3 Å². The minimum absolute atomic E-state index is 0.105. The van der Waals surface area contributed by atoms with Crippen LogP contribution in [-0.2, 0) is 6.42 Å². The van der Waals surface area contributed by atoms with Gasteiger partial charge in [0.2, 0.25) is 0 Å². The van der Waals surface area contributed by atoms with Gasteiger partial charge in [0, 0.05) is 17.8 Å². The first kappa shape index (κ1) is 17.7. The van der Waals surface area contributed by atoms with Gasteiger partial charge in [0.05, 0.1) is 18.2 Å². The van der Waals surface area contributed by atoms with E-state index in [1.807, 2.05) is 36.4 Å². The standard InChI is InChI=1S/C22H25N3O2/c1-27-18-8-6-16(7-9-18)10-13-25-14-11-17(12-15-25)21-19-4-2-3-5-20(19)22(26)24-23-21/h2-9,17H,10-15H2,1H3,(H,24,26). The predicted molar refractivity (Wildman–Crippen MR) is 107 cm³/mol. The highest BCUT2D eigenvalue weighted by Gasteiger charge is 2.23. The number of hydrogen-bond acceptors (Lipinski definition) is 4. The van der Waals surface area contributed by atoms with Crippen molar-refractivity contribution in [3.8, 4) is 5.75 Å². The second kappa shape index (κ2) is 7.92. The average Bonchev–Trinajstić information content (AvgIpc) is 2.74. The summed E-state index contributed by atoms with van der Waals surface area (Å²) in [6.45, 7) is 3.20. The zero-order valence-electron chi connectivity index (χ0n) is 15.6. The Bertz CT molecular complexity index is 957. The normalized spacial score (nSPS) is 15.9. The number of methoxy groups -OCH3 is 1. The number of H-pyrrole nitrogens is 1. The number of piperidine rings is 1. The van der Waals surface area contributed by atoms with E-state index in [-0.39, 0.29) is 5.56 Å². The summed E-state index contributed by atoms with van der Waals surface area (Å²) in [7, 11) is 1.69. The molecule has 1 N–H and O–H groups in total. The molecule has 0 atom stereocenters. The molecule has 1 fully saturated rings. The zero-order valence-corrected chi connectivity index (χ0v) is 15.6. The molecular weight excluding hydrogens is 338 g/mol. The second-order valence-corrected chi connectivity index (χ2v) is 7.20. The fourth-order valence-electron chi connectivity index (χ4n) is 3.96. The van der Waals surface area contributed by atoms with Crippen LogP contribution in [0.2, 0.25) is 0 Å². The lowest BCUT2D eigenvalue weighted by atomic mass is 9.90. The summed E-state index contributed by atoms with van der Waals surface area (Å²) in [5, 5.41) is 8.81. The molecule has 1 aromatic heterocycles. The Morgan fingerprint density at radius 2 is 1.78 bits per heavy atom. The lowest BCUT2D eigenvalue weighted by Gasteiger charge is -2.31. The van der Waals surface area contributed by atoms with Crippen molar-refractivity contribution in [3.63, 3.8) is 0 Å². The molecule has 3 aromatic rings. The molecule has 27 heavy (non-hydrogen) atoms. The monoisotopic (exact) mass is 363 g/mol. The molecule has 5 nitrogen and oxygen atoms in total. The number of aromatic amines is 1. The lowest BCUT2D eigenvalue weighted by molar-refractivity contribution is 0.213. The molecule has 140 valence electrons. The molecule has 0 spiro atoms. The molecule has 1 aliphatic heterocycles. The molecule has 0 amide bonds. The number of fused-ring (bicyclic) bond motifs is 1. The molecule has 2 aromatic carbocycles. The van der Waals surface area contributed by atoms with E-state index < -0.39 is 0 Å². The quantitative estimate of drug-likeness (QED) is 0.755. The summed E-state index contributed by atoms with van der Waals surface area (Å²) in [6, 6.07) is 16.1. The number of ether oxygens (including phenoxy) is 1. The van der Waals surface area contributed by atoms with Gasteiger partial charge in [-0.15, -0.1) is 0 Å². The summed E-state index contributed by atoms with van der Waals surface area (Å²) >= 11 is 0. The Labute approximate surface area is 159 Å². The third-order valence-electron chi connectivity index (χ3n) is 5.58. The van der Waals surface area contributed by atoms with Crippen LogP contribution in [0.4, 0.5) is 0 Å². The predicted octanol–water partition coefficient (Wildman–Crippen LogP) is 3.35. The lowest BCUT2D eigenvalue weighted by Crippen LogP contribution is -2.35. The molecule has 0 radical (unpaired) electrons. The van der Waals surface area contributed by atoms with Crippen LogP contribution in [0, 0.1) is 0 Å². The number of rotatable bonds is 5. The smallest absolute Gasteiger partial charge is 0.272 e. The van der Waals surface area contributed by atoms with Crippen LogP contribution in [0.15, 0.2) is 53.3 Å². The van der Waals surface area contributed by atoms with E-state index in [1.165, 1.54) is 5.56 Å². The number of likely N-dealkylation sites (tertiary alicyclic amines) is 1. The second-order valence-electron chi connectivity index (χ2n) is 7.20. The number of benzene rings is 2. The van der Waals surface area contributed by atoms with E-state index in [9.17, 15) is 4.79 Å². The van der Waals surface area contributed by atoms with Gasteiger partial charge < -0.3 is 9.64 Å². The van der Waals surface area contributed by atoms with Crippen molar-refractivity contribution in [2.75, 3.05) is 26.7 Å². The summed E-state index contributed by atoms with van der Waals surface area (Å²) in [5.41, 5.74) is 2.28. The number of hydrogen-bond donors (Lipinski definition) is 1. The molecule has 1 aliphatic rings. The van der Waals surface area contributed by atoms with Gasteiger partial charge in [-0.3, -0.25) is 4.79 Å². The van der Waals surface area contributed by atoms with E-state index in [1.54, 1.807) is 7.11 Å². The maximum absolute atomic E-state index is 12.0. The van der Waals surface area contributed by atoms with E-state index in [2.05, 4.69) is 27.2 Å². The van der Waals surface area contributed by atoms with Crippen molar-refractivity contribution < 1.29 is 4.74 Å². The van der Waals surface area contributed by atoms with Gasteiger partial charge >= 0.3 is 0 Å². The van der Waals surface area contributed by atoms with Gasteiger partial charge in [0.15, 0.2) is 0 Å². The first-order chi connectivity index (χ1) is 13.2. The van der Waals surface area contributed by atoms with Gasteiger partial charge in [-0.25, -0.2) is 5.10 Å². The average molecular weight is 363 g/mol. The maximum Gasteiger partial charge on any atom is 0.272 e. The van der Waals surface area contributed by atoms with Crippen molar-refractivity contribution in [2.45, 2.75) is 25.2 Å². The van der Waals surface area contributed by atoms with E-state index in [0.717, 1.165) is 61.1 Å². The Balaban J connectivity index is 1.38. The van der Waals surface area contributed by atoms with Crippen molar-refractivity contribution in [1.29, 1.82) is 0 Å². The first-order valence-corrected chi connectivity index (χ1v) is 9.57. The Morgan fingerprint density at radius 1 is 1.07 bits per heavy atom. The summed E-state index contributed by atoms with van der Waals surface area (Å²) in [6.07, 6.45) is 3.20. The minimum atomic E-state index is -0.105. The van der Waals surface area contributed by atoms with Crippen LogP contribution in [0.1, 0.15) is 30.0 Å². The Hall–Kier alpha value is -2.66. The molecule has 2 heterocycles. The Morgan fingerprint density at radius 3 is 2.48 bits per heavy atom. The van der Waals surface area contributed by atoms with Crippen LogP contribution in [0.25, 0.3) is 10.8 Å². The molecule has 0 aliphatic carbocycles. The molecule has 0 unspecified atom stereocenters. The van der Waals surface area contributed by atoms with E-state index >= 15 is 0 Å². The van der Waals surface area contributed by atoms with Crippen molar-refractivity contribution in [2.24, 2.45) is 0 Å². The molecular formula is C22H25N3O2. The number of aromatic nitrogens is 2. The molecule has 4 rings (SSSR count). The summed E-state index contributed by atoms with van der Waals surface area (Å²) in [5.74, 6) is 1.31. The summed E-state index contributed by atoms with van der Waals surface area (Å²) in [4.78, 5) is 14.5. The van der Waals surface area contributed by atoms with Gasteiger partial charge in [0.25, 0.3) is 5.56 Å². The molecule has 0 saturated carbocycles. The van der Waals surface area contributed by atoms with Crippen LogP contribution < -0.4 is 10.3 Å². The minimum Gasteiger partial charge on any atom is -0.497 e. The largest absolute Gasteiger partial charge is 0.497 e. The maximum atomic E-state index is 12.0. The van der Waals surface area contributed by atoms with Crippen LogP contribution in [0.3, 0.4) is 0 Å². The molecule has 5 heteroatoms. The van der Waals surface area contributed by atoms with Crippen molar-refractivity contribution in [3.05, 3.63) is 70.1 Å². The van der Waals surface area contributed by atoms with Crippen LogP contribution in [-0.4, -0.2) is 41.8 Å². The molecule has 1 saturated heterocycles. The molecule has 0 bridgehead atoms. The third-order valence-corrected chi connectivity index (χ3v) is 5.58. The fourth-order valence-corrected chi connectivity index (χ4v) is 3.96. The highest BCUT2D eigenvalue weighted by molar-refractivity contribution is 5.83. The van der Waals surface area contributed by atoms with E-state index in [0.29, 0.717) is 5.92 Å². The Kier molecular flexibility index (Phi) is 5.21. The topological polar surface area (TPSA) is 58.2 Å². The van der Waals surface area contributed by atoms with Gasteiger partial charge in [0.1, 0.15) is 5.75 Å². The number of nitrogens with one attached hydrogen (secondary N) is 1. The van der Waals surface area contributed by atoms with Gasteiger partial charge in [-0.05, 0) is 56.1 Å². The zero-order chi connectivity index (χ0) is 18.6. The van der Waals surface area contributed by atoms with Crippen molar-refractivity contribution in [1.82, 2.24) is 15.1 Å². The third kappa shape index (κ3) is 3.88. The van der Waals surface area contributed by atoms with Crippen LogP contribution >= 0.6 is 0 Å².